The lowest BCUT2D eigenvalue weighted by Crippen LogP contribution is -1.96. The second kappa shape index (κ2) is 4.88. The first-order valence-corrected chi connectivity index (χ1v) is 6.66. The van der Waals surface area contributed by atoms with Gasteiger partial charge in [-0.15, -0.1) is 0 Å². The quantitative estimate of drug-likeness (QED) is 0.769. The van der Waals surface area contributed by atoms with Crippen LogP contribution in [-0.4, -0.2) is 11.1 Å². The third-order valence-electron chi connectivity index (χ3n) is 3.71. The third-order valence-corrected chi connectivity index (χ3v) is 3.71. The predicted octanol–water partition coefficient (Wildman–Crippen LogP) is 3.67. The van der Waals surface area contributed by atoms with E-state index < -0.39 is 5.97 Å². The van der Waals surface area contributed by atoms with Crippen molar-refractivity contribution in [2.24, 2.45) is 0 Å². The summed E-state index contributed by atoms with van der Waals surface area (Å²) >= 11 is 0. The van der Waals surface area contributed by atoms with Crippen LogP contribution >= 0.6 is 0 Å². The van der Waals surface area contributed by atoms with Crippen molar-refractivity contribution in [2.75, 3.05) is 0 Å². The summed E-state index contributed by atoms with van der Waals surface area (Å²) in [6.07, 6.45) is 2.80. The number of aryl methyl sites for hydroxylation is 1. The first-order chi connectivity index (χ1) is 9.24. The summed E-state index contributed by atoms with van der Waals surface area (Å²) in [6.45, 7) is 0. The molecule has 19 heavy (non-hydrogen) atoms. The lowest BCUT2D eigenvalue weighted by Gasteiger charge is -2.04. The molecule has 0 bridgehead atoms. The molecule has 0 saturated carbocycles. The van der Waals surface area contributed by atoms with Crippen LogP contribution in [-0.2, 0) is 17.6 Å². The van der Waals surface area contributed by atoms with E-state index in [1.165, 1.54) is 27.8 Å². The van der Waals surface area contributed by atoms with E-state index in [4.69, 9.17) is 5.11 Å². The first-order valence-electron chi connectivity index (χ1n) is 6.66. The predicted molar refractivity (Wildman–Crippen MR) is 75.3 cm³/mol. The van der Waals surface area contributed by atoms with Crippen LogP contribution in [0.5, 0.6) is 0 Å². The number of rotatable bonds is 4. The average molecular weight is 252 g/mol. The lowest BCUT2D eigenvalue weighted by molar-refractivity contribution is -0.137. The minimum absolute atomic E-state index is 0.247. The minimum atomic E-state index is -0.714. The number of aliphatic carboxylic acids is 1. The van der Waals surface area contributed by atoms with Crippen molar-refractivity contribution < 1.29 is 9.90 Å². The van der Waals surface area contributed by atoms with Crippen molar-refractivity contribution in [3.8, 4) is 11.1 Å². The zero-order chi connectivity index (χ0) is 13.2. The molecule has 0 amide bonds. The summed E-state index contributed by atoms with van der Waals surface area (Å²) in [5.74, 6) is -0.714. The third kappa shape index (κ3) is 2.39. The Morgan fingerprint density at radius 1 is 1.05 bits per heavy atom. The van der Waals surface area contributed by atoms with E-state index in [0.29, 0.717) is 6.42 Å². The zero-order valence-corrected chi connectivity index (χ0v) is 10.7. The van der Waals surface area contributed by atoms with Gasteiger partial charge in [-0.05, 0) is 47.1 Å². The Morgan fingerprint density at radius 2 is 1.84 bits per heavy atom. The van der Waals surface area contributed by atoms with Gasteiger partial charge in [-0.25, -0.2) is 0 Å². The van der Waals surface area contributed by atoms with Crippen LogP contribution in [0, 0.1) is 0 Å². The topological polar surface area (TPSA) is 37.3 Å². The molecule has 2 aromatic carbocycles. The van der Waals surface area contributed by atoms with Crippen molar-refractivity contribution in [1.29, 1.82) is 0 Å². The molecular formula is C17H16O2. The molecule has 0 atom stereocenters. The number of carboxylic acids is 1. The highest BCUT2D eigenvalue weighted by molar-refractivity contribution is 5.76. The fourth-order valence-electron chi connectivity index (χ4n) is 2.80. The number of carboxylic acid groups (broad SMARTS) is 1. The minimum Gasteiger partial charge on any atom is -0.481 e. The Labute approximate surface area is 112 Å². The van der Waals surface area contributed by atoms with Gasteiger partial charge >= 0.3 is 5.97 Å². The van der Waals surface area contributed by atoms with Crippen molar-refractivity contribution in [1.82, 2.24) is 0 Å². The standard InChI is InChI=1S/C17H16O2/c18-17(19)7-3-4-12-8-9-16-14(10-12)11-13-5-1-2-6-15(13)16/h1-2,5-6,8-10H,3-4,7,11H2,(H,18,19). The van der Waals surface area contributed by atoms with E-state index in [1.807, 2.05) is 0 Å². The van der Waals surface area contributed by atoms with Gasteiger partial charge in [0, 0.05) is 6.42 Å². The summed E-state index contributed by atoms with van der Waals surface area (Å²) in [6, 6.07) is 15.1. The van der Waals surface area contributed by atoms with Gasteiger partial charge in [0.25, 0.3) is 0 Å². The van der Waals surface area contributed by atoms with Gasteiger partial charge in [0.1, 0.15) is 0 Å². The number of carbonyl (C=O) groups is 1. The van der Waals surface area contributed by atoms with Crippen LogP contribution < -0.4 is 0 Å². The van der Waals surface area contributed by atoms with Crippen LogP contribution in [0.15, 0.2) is 42.5 Å². The number of benzene rings is 2. The SMILES string of the molecule is O=C(O)CCCc1ccc2c(c1)Cc1ccccc1-2. The van der Waals surface area contributed by atoms with Crippen LogP contribution in [0.4, 0.5) is 0 Å². The van der Waals surface area contributed by atoms with Crippen molar-refractivity contribution in [2.45, 2.75) is 25.7 Å². The maximum Gasteiger partial charge on any atom is 0.303 e. The molecular weight excluding hydrogens is 236 g/mol. The summed E-state index contributed by atoms with van der Waals surface area (Å²) in [4.78, 5) is 10.5. The van der Waals surface area contributed by atoms with Crippen molar-refractivity contribution in [3.63, 3.8) is 0 Å². The maximum absolute atomic E-state index is 10.5. The lowest BCUT2D eigenvalue weighted by atomic mass is 10.0. The van der Waals surface area contributed by atoms with Crippen LogP contribution in [0.3, 0.4) is 0 Å². The van der Waals surface area contributed by atoms with Crippen LogP contribution in [0.2, 0.25) is 0 Å². The highest BCUT2D eigenvalue weighted by Gasteiger charge is 2.17. The van der Waals surface area contributed by atoms with Gasteiger partial charge in [-0.1, -0.05) is 42.5 Å². The van der Waals surface area contributed by atoms with E-state index in [0.717, 1.165) is 12.8 Å². The van der Waals surface area contributed by atoms with Gasteiger partial charge in [0.05, 0.1) is 0 Å². The zero-order valence-electron chi connectivity index (χ0n) is 10.7. The Hall–Kier alpha value is -2.09. The molecule has 2 nitrogen and oxygen atoms in total. The molecule has 1 N–H and O–H groups in total. The highest BCUT2D eigenvalue weighted by Crippen LogP contribution is 2.36. The molecule has 0 heterocycles. The molecule has 2 aromatic rings. The number of hydrogen-bond acceptors (Lipinski definition) is 1. The second-order valence-corrected chi connectivity index (χ2v) is 5.07. The highest BCUT2D eigenvalue weighted by atomic mass is 16.4. The average Bonchev–Trinajstić information content (AvgIpc) is 2.76. The summed E-state index contributed by atoms with van der Waals surface area (Å²) in [5.41, 5.74) is 6.68. The van der Waals surface area contributed by atoms with Gasteiger partial charge in [0.2, 0.25) is 0 Å². The second-order valence-electron chi connectivity index (χ2n) is 5.07. The number of hydrogen-bond donors (Lipinski definition) is 1. The Bertz CT molecular complexity index is 629. The molecule has 0 saturated heterocycles. The fourth-order valence-corrected chi connectivity index (χ4v) is 2.80. The van der Waals surface area contributed by atoms with Crippen LogP contribution in [0.25, 0.3) is 11.1 Å². The summed E-state index contributed by atoms with van der Waals surface area (Å²) < 4.78 is 0. The molecule has 0 spiro atoms. The van der Waals surface area contributed by atoms with Gasteiger partial charge in [0.15, 0.2) is 0 Å². The summed E-state index contributed by atoms with van der Waals surface area (Å²) in [7, 11) is 0. The number of fused-ring (bicyclic) bond motifs is 3. The van der Waals surface area contributed by atoms with Gasteiger partial charge in [-0.3, -0.25) is 4.79 Å². The van der Waals surface area contributed by atoms with Crippen molar-refractivity contribution in [3.05, 3.63) is 59.2 Å². The van der Waals surface area contributed by atoms with E-state index in [1.54, 1.807) is 0 Å². The molecule has 2 heteroatoms. The molecule has 0 fully saturated rings. The maximum atomic E-state index is 10.5. The first kappa shape index (κ1) is 12.0. The van der Waals surface area contributed by atoms with E-state index >= 15 is 0 Å². The van der Waals surface area contributed by atoms with Crippen molar-refractivity contribution >= 4 is 5.97 Å². The largest absolute Gasteiger partial charge is 0.481 e. The monoisotopic (exact) mass is 252 g/mol. The summed E-state index contributed by atoms with van der Waals surface area (Å²) in [5, 5.41) is 8.66. The van der Waals surface area contributed by atoms with E-state index in [9.17, 15) is 4.79 Å². The Morgan fingerprint density at radius 3 is 2.68 bits per heavy atom. The van der Waals surface area contributed by atoms with E-state index in [2.05, 4.69) is 42.5 Å². The van der Waals surface area contributed by atoms with Gasteiger partial charge < -0.3 is 5.11 Å². The van der Waals surface area contributed by atoms with Gasteiger partial charge in [-0.2, -0.15) is 0 Å². The molecule has 0 aromatic heterocycles. The molecule has 0 radical (unpaired) electrons. The molecule has 96 valence electrons. The molecule has 1 aliphatic carbocycles. The smallest absolute Gasteiger partial charge is 0.303 e. The molecule has 1 aliphatic rings. The molecule has 0 unspecified atom stereocenters. The normalized spacial score (nSPS) is 12.0. The molecule has 0 aliphatic heterocycles. The van der Waals surface area contributed by atoms with E-state index in [-0.39, 0.29) is 6.42 Å². The fraction of sp³-hybridized carbons (Fsp3) is 0.235. The Balaban J connectivity index is 1.79. The van der Waals surface area contributed by atoms with Crippen LogP contribution in [0.1, 0.15) is 29.5 Å². The Kier molecular flexibility index (Phi) is 3.08. The molecule has 3 rings (SSSR count).